The topological polar surface area (TPSA) is 75.9 Å². The number of nitrogens with one attached hydrogen (secondary N) is 2. The van der Waals surface area contributed by atoms with E-state index in [9.17, 15) is 0 Å². The lowest BCUT2D eigenvalue weighted by atomic mass is 10.1. The van der Waals surface area contributed by atoms with E-state index in [2.05, 4.69) is 20.7 Å². The summed E-state index contributed by atoms with van der Waals surface area (Å²) >= 11 is 2.01. The Morgan fingerprint density at radius 2 is 2.00 bits per heavy atom. The van der Waals surface area contributed by atoms with Crippen LogP contribution < -0.4 is 16.6 Å². The van der Waals surface area contributed by atoms with Crippen LogP contribution in [0.5, 0.6) is 0 Å². The van der Waals surface area contributed by atoms with Gasteiger partial charge in [0.2, 0.25) is 0 Å². The zero-order chi connectivity index (χ0) is 10.5. The summed E-state index contributed by atoms with van der Waals surface area (Å²) in [5.74, 6) is 9.09. The first-order valence-electron chi connectivity index (χ1n) is 5.01. The van der Waals surface area contributed by atoms with E-state index in [1.165, 1.54) is 24.3 Å². The van der Waals surface area contributed by atoms with Crippen LogP contribution in [0.2, 0.25) is 0 Å². The standard InChI is InChI=1S/C9H15N5S/c10-14-9-6-11-5-8(13-9)12-7-1-3-15-4-2-7/h5-7H,1-4,10H2,(H2,12,13,14). The molecule has 5 nitrogen and oxygen atoms in total. The normalized spacial score (nSPS) is 17.4. The van der Waals surface area contributed by atoms with E-state index in [0.717, 1.165) is 5.82 Å². The van der Waals surface area contributed by atoms with Crippen molar-refractivity contribution in [1.29, 1.82) is 0 Å². The monoisotopic (exact) mass is 225 g/mol. The molecule has 1 aliphatic heterocycles. The number of anilines is 2. The molecule has 6 heteroatoms. The zero-order valence-electron chi connectivity index (χ0n) is 8.44. The number of rotatable bonds is 3. The van der Waals surface area contributed by atoms with Crippen molar-refractivity contribution in [3.63, 3.8) is 0 Å². The number of nitrogen functional groups attached to an aromatic ring is 1. The van der Waals surface area contributed by atoms with Crippen LogP contribution in [0.3, 0.4) is 0 Å². The van der Waals surface area contributed by atoms with Crippen LogP contribution in [0.4, 0.5) is 11.6 Å². The largest absolute Gasteiger partial charge is 0.366 e. The number of hydrogen-bond acceptors (Lipinski definition) is 6. The smallest absolute Gasteiger partial charge is 0.160 e. The molecule has 1 aromatic rings. The lowest BCUT2D eigenvalue weighted by molar-refractivity contribution is 0.663. The van der Waals surface area contributed by atoms with Gasteiger partial charge in [-0.15, -0.1) is 0 Å². The molecule has 0 saturated carbocycles. The van der Waals surface area contributed by atoms with Crippen LogP contribution >= 0.6 is 11.8 Å². The van der Waals surface area contributed by atoms with Crippen molar-refractivity contribution in [3.05, 3.63) is 12.4 Å². The van der Waals surface area contributed by atoms with Gasteiger partial charge in [0.15, 0.2) is 5.82 Å². The van der Waals surface area contributed by atoms with E-state index in [4.69, 9.17) is 5.84 Å². The molecule has 1 saturated heterocycles. The number of nitrogens with two attached hydrogens (primary N) is 1. The third kappa shape index (κ3) is 2.97. The highest BCUT2D eigenvalue weighted by Crippen LogP contribution is 2.20. The molecule has 0 aliphatic carbocycles. The quantitative estimate of drug-likeness (QED) is 0.528. The lowest BCUT2D eigenvalue weighted by Gasteiger charge is -2.22. The molecule has 0 radical (unpaired) electrons. The van der Waals surface area contributed by atoms with Gasteiger partial charge in [-0.1, -0.05) is 0 Å². The summed E-state index contributed by atoms with van der Waals surface area (Å²) in [5.41, 5.74) is 2.49. The maximum atomic E-state index is 5.27. The maximum Gasteiger partial charge on any atom is 0.160 e. The van der Waals surface area contributed by atoms with Gasteiger partial charge < -0.3 is 10.7 Å². The molecule has 1 fully saturated rings. The molecule has 0 spiro atoms. The van der Waals surface area contributed by atoms with Crippen molar-refractivity contribution in [2.24, 2.45) is 5.84 Å². The first kappa shape index (κ1) is 10.5. The Labute approximate surface area is 93.2 Å². The first-order valence-corrected chi connectivity index (χ1v) is 6.17. The molecule has 1 aliphatic rings. The molecule has 4 N–H and O–H groups in total. The van der Waals surface area contributed by atoms with Gasteiger partial charge in [0, 0.05) is 6.04 Å². The highest BCUT2D eigenvalue weighted by atomic mass is 32.2. The van der Waals surface area contributed by atoms with Crippen LogP contribution in [0.1, 0.15) is 12.8 Å². The summed E-state index contributed by atoms with van der Waals surface area (Å²) in [7, 11) is 0. The fourth-order valence-electron chi connectivity index (χ4n) is 1.56. The number of hydrazine groups is 1. The summed E-state index contributed by atoms with van der Waals surface area (Å²) < 4.78 is 0. The minimum Gasteiger partial charge on any atom is -0.366 e. The van der Waals surface area contributed by atoms with Gasteiger partial charge in [0.25, 0.3) is 0 Å². The van der Waals surface area contributed by atoms with Crippen molar-refractivity contribution >= 4 is 23.4 Å². The minimum atomic E-state index is 0.522. The molecule has 15 heavy (non-hydrogen) atoms. The van der Waals surface area contributed by atoms with Crippen LogP contribution in [-0.4, -0.2) is 27.5 Å². The van der Waals surface area contributed by atoms with Gasteiger partial charge in [-0.3, -0.25) is 4.98 Å². The molecule has 0 bridgehead atoms. The van der Waals surface area contributed by atoms with E-state index in [-0.39, 0.29) is 0 Å². The third-order valence-electron chi connectivity index (χ3n) is 2.36. The van der Waals surface area contributed by atoms with Gasteiger partial charge in [0.05, 0.1) is 12.4 Å². The molecule has 2 rings (SSSR count). The Morgan fingerprint density at radius 3 is 2.73 bits per heavy atom. The molecule has 82 valence electrons. The van der Waals surface area contributed by atoms with Gasteiger partial charge in [-0.25, -0.2) is 10.8 Å². The van der Waals surface area contributed by atoms with Crippen molar-refractivity contribution in [2.45, 2.75) is 18.9 Å². The van der Waals surface area contributed by atoms with E-state index in [1.807, 2.05) is 11.8 Å². The highest BCUT2D eigenvalue weighted by molar-refractivity contribution is 7.99. The Balaban J connectivity index is 1.96. The molecule has 0 atom stereocenters. The zero-order valence-corrected chi connectivity index (χ0v) is 9.26. The van der Waals surface area contributed by atoms with E-state index < -0.39 is 0 Å². The van der Waals surface area contributed by atoms with Crippen molar-refractivity contribution in [3.8, 4) is 0 Å². The van der Waals surface area contributed by atoms with Crippen molar-refractivity contribution < 1.29 is 0 Å². The second-order valence-electron chi connectivity index (χ2n) is 3.46. The Bertz CT molecular complexity index is 313. The molecule has 2 heterocycles. The second-order valence-corrected chi connectivity index (χ2v) is 4.69. The SMILES string of the molecule is NNc1cncc(NC2CCSCC2)n1. The average molecular weight is 225 g/mol. The van der Waals surface area contributed by atoms with E-state index in [1.54, 1.807) is 12.4 Å². The van der Waals surface area contributed by atoms with E-state index >= 15 is 0 Å². The van der Waals surface area contributed by atoms with Crippen LogP contribution in [-0.2, 0) is 0 Å². The Kier molecular flexibility index (Phi) is 3.63. The molecular formula is C9H15N5S. The predicted octanol–water partition coefficient (Wildman–Crippen LogP) is 1.07. The molecular weight excluding hydrogens is 210 g/mol. The molecule has 0 aromatic carbocycles. The maximum absolute atomic E-state index is 5.27. The lowest BCUT2D eigenvalue weighted by Crippen LogP contribution is -2.25. The van der Waals surface area contributed by atoms with Gasteiger partial charge in [-0.2, -0.15) is 11.8 Å². The Hall–Kier alpha value is -1.01. The average Bonchev–Trinajstić information content (AvgIpc) is 2.31. The number of nitrogens with zero attached hydrogens (tertiary/aromatic N) is 2. The number of hydrogen-bond donors (Lipinski definition) is 3. The fourth-order valence-corrected chi connectivity index (χ4v) is 2.66. The van der Waals surface area contributed by atoms with Crippen LogP contribution in [0.25, 0.3) is 0 Å². The van der Waals surface area contributed by atoms with Gasteiger partial charge in [0.1, 0.15) is 5.82 Å². The van der Waals surface area contributed by atoms with Gasteiger partial charge in [-0.05, 0) is 24.3 Å². The Morgan fingerprint density at radius 1 is 1.27 bits per heavy atom. The summed E-state index contributed by atoms with van der Waals surface area (Å²) in [6.07, 6.45) is 5.70. The van der Waals surface area contributed by atoms with Crippen molar-refractivity contribution in [1.82, 2.24) is 9.97 Å². The predicted molar refractivity (Wildman–Crippen MR) is 63.8 cm³/mol. The molecule has 0 amide bonds. The van der Waals surface area contributed by atoms with Crippen LogP contribution in [0.15, 0.2) is 12.4 Å². The molecule has 0 unspecified atom stereocenters. The van der Waals surface area contributed by atoms with E-state index in [0.29, 0.717) is 11.9 Å². The third-order valence-corrected chi connectivity index (χ3v) is 3.40. The second kappa shape index (κ2) is 5.18. The van der Waals surface area contributed by atoms with Crippen LogP contribution in [0, 0.1) is 0 Å². The number of aromatic nitrogens is 2. The highest BCUT2D eigenvalue weighted by Gasteiger charge is 2.13. The summed E-state index contributed by atoms with van der Waals surface area (Å²) in [5, 5.41) is 3.37. The number of thioether (sulfide) groups is 1. The minimum absolute atomic E-state index is 0.522. The van der Waals surface area contributed by atoms with Gasteiger partial charge >= 0.3 is 0 Å². The summed E-state index contributed by atoms with van der Waals surface area (Å²) in [6.45, 7) is 0. The summed E-state index contributed by atoms with van der Waals surface area (Å²) in [4.78, 5) is 8.32. The first-order chi connectivity index (χ1) is 7.38. The summed E-state index contributed by atoms with van der Waals surface area (Å²) in [6, 6.07) is 0.522. The molecule has 1 aromatic heterocycles. The fraction of sp³-hybridized carbons (Fsp3) is 0.556. The van der Waals surface area contributed by atoms with Crippen molar-refractivity contribution in [2.75, 3.05) is 22.2 Å².